The van der Waals surface area contributed by atoms with Crippen LogP contribution in [0.5, 0.6) is 17.2 Å². The summed E-state index contributed by atoms with van der Waals surface area (Å²) in [7, 11) is 0. The molecule has 4 aliphatic heterocycles. The molecule has 7 rings (SSSR count). The highest BCUT2D eigenvalue weighted by atomic mass is 16.7. The Balaban J connectivity index is 1.17. The van der Waals surface area contributed by atoms with Crippen molar-refractivity contribution in [1.82, 2.24) is 4.90 Å². The van der Waals surface area contributed by atoms with E-state index in [1.807, 2.05) is 41.3 Å². The molecule has 3 aromatic rings. The van der Waals surface area contributed by atoms with Crippen LogP contribution in [-0.4, -0.2) is 54.5 Å². The molecule has 8 heteroatoms. The van der Waals surface area contributed by atoms with E-state index in [1.165, 1.54) is 4.90 Å². The van der Waals surface area contributed by atoms with Gasteiger partial charge in [-0.15, -0.1) is 0 Å². The van der Waals surface area contributed by atoms with Gasteiger partial charge >= 0.3 is 0 Å². The number of nitrogens with zero attached hydrogens (tertiary/aromatic N) is 2. The maximum absolute atomic E-state index is 12.7. The van der Waals surface area contributed by atoms with Crippen LogP contribution < -0.4 is 19.1 Å². The molecule has 3 aromatic carbocycles. The lowest BCUT2D eigenvalue weighted by atomic mass is 9.76. The van der Waals surface area contributed by atoms with Gasteiger partial charge in [-0.2, -0.15) is 0 Å². The fourth-order valence-electron chi connectivity index (χ4n) is 5.82. The first-order chi connectivity index (χ1) is 17.1. The van der Waals surface area contributed by atoms with E-state index in [1.54, 1.807) is 24.3 Å². The molecule has 2 amide bonds. The van der Waals surface area contributed by atoms with Crippen LogP contribution >= 0.6 is 0 Å². The van der Waals surface area contributed by atoms with Crippen LogP contribution in [0.15, 0.2) is 60.7 Å². The highest BCUT2D eigenvalue weighted by Crippen LogP contribution is 2.56. The van der Waals surface area contributed by atoms with Crippen LogP contribution in [0.25, 0.3) is 0 Å². The summed E-state index contributed by atoms with van der Waals surface area (Å²) in [5.74, 6) is 1.43. The van der Waals surface area contributed by atoms with Crippen molar-refractivity contribution in [2.24, 2.45) is 0 Å². The summed E-state index contributed by atoms with van der Waals surface area (Å²) in [5.41, 5.74) is 2.87. The number of aliphatic hydroxyl groups is 1. The Labute approximate surface area is 201 Å². The lowest BCUT2D eigenvalue weighted by Crippen LogP contribution is -2.47. The van der Waals surface area contributed by atoms with E-state index in [2.05, 4.69) is 0 Å². The predicted molar refractivity (Wildman–Crippen MR) is 125 cm³/mol. The molecule has 176 valence electrons. The number of imide groups is 1. The number of benzene rings is 3. The number of ether oxygens (including phenoxy) is 3. The number of anilines is 1. The summed E-state index contributed by atoms with van der Waals surface area (Å²) in [4.78, 5) is 28.7. The second-order valence-corrected chi connectivity index (χ2v) is 9.21. The second kappa shape index (κ2) is 7.23. The van der Waals surface area contributed by atoms with E-state index in [0.29, 0.717) is 41.3 Å². The number of hydrogen-bond acceptors (Lipinski definition) is 7. The third-order valence-electron chi connectivity index (χ3n) is 7.50. The normalized spacial score (nSPS) is 23.1. The molecule has 0 radical (unpaired) electrons. The van der Waals surface area contributed by atoms with Gasteiger partial charge in [0.25, 0.3) is 11.8 Å². The molecule has 4 aliphatic rings. The fraction of sp³-hybridized carbons (Fsp3) is 0.259. The summed E-state index contributed by atoms with van der Waals surface area (Å²) in [6.45, 7) is 1.19. The van der Waals surface area contributed by atoms with E-state index >= 15 is 0 Å². The first-order valence-corrected chi connectivity index (χ1v) is 11.7. The number of amides is 2. The van der Waals surface area contributed by atoms with Crippen molar-refractivity contribution in [3.63, 3.8) is 0 Å². The molecule has 0 aromatic heterocycles. The van der Waals surface area contributed by atoms with Gasteiger partial charge < -0.3 is 24.2 Å². The summed E-state index contributed by atoms with van der Waals surface area (Å²) >= 11 is 0. The quantitative estimate of drug-likeness (QED) is 0.587. The molecule has 35 heavy (non-hydrogen) atoms. The van der Waals surface area contributed by atoms with Gasteiger partial charge in [0.05, 0.1) is 11.1 Å². The number of fused-ring (bicyclic) bond motifs is 6. The van der Waals surface area contributed by atoms with Crippen molar-refractivity contribution in [2.75, 3.05) is 31.4 Å². The van der Waals surface area contributed by atoms with Crippen molar-refractivity contribution in [3.8, 4) is 17.2 Å². The zero-order valence-corrected chi connectivity index (χ0v) is 18.8. The largest absolute Gasteiger partial charge is 0.492 e. The van der Waals surface area contributed by atoms with Crippen LogP contribution in [0, 0.1) is 0 Å². The Hall–Kier alpha value is -4.04. The molecule has 0 fully saturated rings. The van der Waals surface area contributed by atoms with Crippen LogP contribution in [-0.2, 0) is 5.41 Å². The zero-order chi connectivity index (χ0) is 23.7. The molecule has 4 heterocycles. The third-order valence-corrected chi connectivity index (χ3v) is 7.50. The average Bonchev–Trinajstić information content (AvgIpc) is 3.61. The fourth-order valence-corrected chi connectivity index (χ4v) is 5.82. The number of aliphatic hydroxyl groups excluding tert-OH is 1. The van der Waals surface area contributed by atoms with Crippen LogP contribution in [0.1, 0.15) is 38.3 Å². The Morgan fingerprint density at radius 2 is 1.51 bits per heavy atom. The molecule has 0 bridgehead atoms. The Bertz CT molecular complexity index is 1370. The Morgan fingerprint density at radius 1 is 0.829 bits per heavy atom. The van der Waals surface area contributed by atoms with Gasteiger partial charge in [-0.05, 0) is 36.2 Å². The topological polar surface area (TPSA) is 88.5 Å². The van der Waals surface area contributed by atoms with Crippen molar-refractivity contribution in [3.05, 3.63) is 82.9 Å². The molecule has 1 N–H and O–H groups in total. The minimum Gasteiger partial charge on any atom is -0.492 e. The smallest absolute Gasteiger partial charge is 0.261 e. The van der Waals surface area contributed by atoms with Crippen molar-refractivity contribution < 1.29 is 28.9 Å². The Kier molecular flexibility index (Phi) is 4.20. The molecule has 1 spiro atoms. The predicted octanol–water partition coefficient (Wildman–Crippen LogP) is 2.92. The number of hydrogen-bond donors (Lipinski definition) is 1. The van der Waals surface area contributed by atoms with E-state index in [-0.39, 0.29) is 31.8 Å². The molecule has 2 atom stereocenters. The molecular formula is C27H22N2O6. The maximum atomic E-state index is 12.7. The SMILES string of the molecule is O=C1c2ccccc2C(=O)N1CCCN1c2ccccc2C2(COc3cc4c(cc32)OCO4)C1O. The standard InChI is InChI=1S/C27H22N2O6/c30-24-16-6-1-2-7-17(16)25(31)29(24)11-5-10-28-20-9-4-3-8-18(20)27(26(28)32)14-33-21-13-23-22(12-19(21)27)34-15-35-23/h1-4,6-9,12-13,26,32H,5,10-11,14-15H2. The number of para-hydroxylation sites is 1. The van der Waals surface area contributed by atoms with Crippen molar-refractivity contribution in [2.45, 2.75) is 18.1 Å². The Morgan fingerprint density at radius 3 is 2.29 bits per heavy atom. The van der Waals surface area contributed by atoms with Gasteiger partial charge in [-0.25, -0.2) is 0 Å². The van der Waals surface area contributed by atoms with E-state index < -0.39 is 11.6 Å². The lowest BCUT2D eigenvalue weighted by Gasteiger charge is -2.32. The number of carbonyl (C=O) groups excluding carboxylic acids is 2. The summed E-state index contributed by atoms with van der Waals surface area (Å²) < 4.78 is 17.2. The van der Waals surface area contributed by atoms with E-state index in [0.717, 1.165) is 16.8 Å². The first kappa shape index (κ1) is 20.3. The maximum Gasteiger partial charge on any atom is 0.261 e. The highest BCUT2D eigenvalue weighted by Gasteiger charge is 2.56. The summed E-state index contributed by atoms with van der Waals surface area (Å²) in [6, 6.07) is 18.5. The van der Waals surface area contributed by atoms with E-state index in [4.69, 9.17) is 14.2 Å². The monoisotopic (exact) mass is 470 g/mol. The molecule has 0 aliphatic carbocycles. The third kappa shape index (κ3) is 2.65. The van der Waals surface area contributed by atoms with Gasteiger partial charge in [0.15, 0.2) is 11.5 Å². The van der Waals surface area contributed by atoms with Gasteiger partial charge in [-0.1, -0.05) is 30.3 Å². The molecule has 8 nitrogen and oxygen atoms in total. The van der Waals surface area contributed by atoms with Gasteiger partial charge in [0, 0.05) is 30.4 Å². The molecule has 0 saturated heterocycles. The van der Waals surface area contributed by atoms with Gasteiger partial charge in [0.2, 0.25) is 6.79 Å². The van der Waals surface area contributed by atoms with E-state index in [9.17, 15) is 14.7 Å². The second-order valence-electron chi connectivity index (χ2n) is 9.21. The lowest BCUT2D eigenvalue weighted by molar-refractivity contribution is 0.0649. The molecule has 0 saturated carbocycles. The minimum absolute atomic E-state index is 0.161. The van der Waals surface area contributed by atoms with Gasteiger partial charge in [-0.3, -0.25) is 14.5 Å². The number of carbonyl (C=O) groups is 2. The summed E-state index contributed by atoms with van der Waals surface area (Å²) in [6.07, 6.45) is -0.370. The average molecular weight is 470 g/mol. The minimum atomic E-state index is -0.885. The zero-order valence-electron chi connectivity index (χ0n) is 18.8. The van der Waals surface area contributed by atoms with Crippen LogP contribution in [0.2, 0.25) is 0 Å². The molecular weight excluding hydrogens is 448 g/mol. The van der Waals surface area contributed by atoms with Crippen LogP contribution in [0.4, 0.5) is 5.69 Å². The van der Waals surface area contributed by atoms with Crippen molar-refractivity contribution in [1.29, 1.82) is 0 Å². The number of rotatable bonds is 4. The van der Waals surface area contributed by atoms with Crippen molar-refractivity contribution >= 4 is 17.5 Å². The summed E-state index contributed by atoms with van der Waals surface area (Å²) in [5, 5.41) is 11.7. The molecule has 2 unspecified atom stereocenters. The highest BCUT2D eigenvalue weighted by molar-refractivity contribution is 6.21. The first-order valence-electron chi connectivity index (χ1n) is 11.7. The van der Waals surface area contributed by atoms with Gasteiger partial charge in [0.1, 0.15) is 24.0 Å². The van der Waals surface area contributed by atoms with Crippen LogP contribution in [0.3, 0.4) is 0 Å².